The molecule has 1 atom stereocenters. The highest BCUT2D eigenvalue weighted by Crippen LogP contribution is 2.15. The Hall–Kier alpha value is -3.93. The summed E-state index contributed by atoms with van der Waals surface area (Å²) in [6.45, 7) is 6.51. The predicted molar refractivity (Wildman–Crippen MR) is 339 cm³/mol. The van der Waals surface area contributed by atoms with Crippen LogP contribution in [0, 0.1) is 0 Å². The van der Waals surface area contributed by atoms with E-state index in [1.165, 1.54) is 141 Å². The number of carbonyl (C=O) groups is 3. The maximum absolute atomic E-state index is 12.9. The van der Waals surface area contributed by atoms with Crippen molar-refractivity contribution >= 4 is 17.9 Å². The fourth-order valence-corrected chi connectivity index (χ4v) is 9.06. The van der Waals surface area contributed by atoms with Gasteiger partial charge in [0.25, 0.3) is 0 Å². The minimum Gasteiger partial charge on any atom is -0.462 e. The van der Waals surface area contributed by atoms with Gasteiger partial charge in [-0.15, -0.1) is 0 Å². The van der Waals surface area contributed by atoms with Crippen LogP contribution in [-0.2, 0) is 28.6 Å². The van der Waals surface area contributed by atoms with Crippen LogP contribution in [0.4, 0.5) is 0 Å². The molecule has 0 aromatic carbocycles. The molecule has 0 spiro atoms. The van der Waals surface area contributed by atoms with Gasteiger partial charge in [0.1, 0.15) is 13.2 Å². The third-order valence-corrected chi connectivity index (χ3v) is 14.0. The average molecular weight is 1080 g/mol. The molecular weight excluding hydrogens is 961 g/mol. The lowest BCUT2D eigenvalue weighted by Crippen LogP contribution is -2.30. The van der Waals surface area contributed by atoms with E-state index in [4.69, 9.17) is 14.2 Å². The molecule has 0 rings (SSSR count). The van der Waals surface area contributed by atoms with Crippen LogP contribution < -0.4 is 0 Å². The molecule has 0 fully saturated rings. The monoisotopic (exact) mass is 1080 g/mol. The van der Waals surface area contributed by atoms with Gasteiger partial charge in [0.15, 0.2) is 6.10 Å². The van der Waals surface area contributed by atoms with Crippen LogP contribution in [-0.4, -0.2) is 37.2 Å². The van der Waals surface area contributed by atoms with E-state index in [-0.39, 0.29) is 31.1 Å². The van der Waals surface area contributed by atoms with Crippen LogP contribution in [0.1, 0.15) is 310 Å². The second kappa shape index (κ2) is 65.6. The van der Waals surface area contributed by atoms with E-state index in [9.17, 15) is 14.4 Å². The minimum absolute atomic E-state index is 0.0864. The molecule has 0 amide bonds. The molecule has 0 heterocycles. The third kappa shape index (κ3) is 62.9. The minimum atomic E-state index is -0.790. The molecule has 0 radical (unpaired) electrons. The van der Waals surface area contributed by atoms with Crippen molar-refractivity contribution in [1.82, 2.24) is 0 Å². The Morgan fingerprint density at radius 3 is 0.795 bits per heavy atom. The van der Waals surface area contributed by atoms with Crippen molar-refractivity contribution in [3.05, 3.63) is 109 Å². The quantitative estimate of drug-likeness (QED) is 0.0261. The lowest BCUT2D eigenvalue weighted by atomic mass is 10.1. The zero-order chi connectivity index (χ0) is 56.4. The van der Waals surface area contributed by atoms with Gasteiger partial charge < -0.3 is 14.2 Å². The maximum atomic E-state index is 12.9. The summed E-state index contributed by atoms with van der Waals surface area (Å²) in [6.07, 6.45) is 89.5. The molecular formula is C72H122O6. The number of carbonyl (C=O) groups excluding carboxylic acids is 3. The summed E-state index contributed by atoms with van der Waals surface area (Å²) >= 11 is 0. The summed E-state index contributed by atoms with van der Waals surface area (Å²) in [5.74, 6) is -0.901. The van der Waals surface area contributed by atoms with Crippen molar-refractivity contribution < 1.29 is 28.6 Å². The number of hydrogen-bond donors (Lipinski definition) is 0. The van der Waals surface area contributed by atoms with Crippen molar-refractivity contribution in [2.24, 2.45) is 0 Å². The number of allylic oxidation sites excluding steroid dienone is 18. The van der Waals surface area contributed by atoms with E-state index in [0.717, 1.165) is 128 Å². The molecule has 0 aliphatic carbocycles. The van der Waals surface area contributed by atoms with Gasteiger partial charge in [-0.25, -0.2) is 0 Å². The lowest BCUT2D eigenvalue weighted by molar-refractivity contribution is -0.167. The Labute approximate surface area is 482 Å². The first-order valence-corrected chi connectivity index (χ1v) is 32.9. The summed E-state index contributed by atoms with van der Waals surface area (Å²) < 4.78 is 16.9. The Morgan fingerprint density at radius 1 is 0.269 bits per heavy atom. The normalized spacial score (nSPS) is 12.8. The molecule has 0 aromatic heterocycles. The number of esters is 3. The third-order valence-electron chi connectivity index (χ3n) is 14.0. The van der Waals surface area contributed by atoms with Crippen LogP contribution in [0.2, 0.25) is 0 Å². The van der Waals surface area contributed by atoms with Gasteiger partial charge in [0.2, 0.25) is 0 Å². The first-order chi connectivity index (χ1) is 38.5. The van der Waals surface area contributed by atoms with Crippen LogP contribution in [0.5, 0.6) is 0 Å². The topological polar surface area (TPSA) is 78.9 Å². The first-order valence-electron chi connectivity index (χ1n) is 32.9. The molecule has 0 saturated heterocycles. The van der Waals surface area contributed by atoms with Gasteiger partial charge in [-0.05, 0) is 128 Å². The highest BCUT2D eigenvalue weighted by atomic mass is 16.6. The predicted octanol–water partition coefficient (Wildman–Crippen LogP) is 22.6. The van der Waals surface area contributed by atoms with E-state index in [1.807, 2.05) is 0 Å². The van der Waals surface area contributed by atoms with Gasteiger partial charge in [-0.3, -0.25) is 14.4 Å². The summed E-state index contributed by atoms with van der Waals surface area (Å²) in [6, 6.07) is 0. The van der Waals surface area contributed by atoms with Crippen molar-refractivity contribution in [1.29, 1.82) is 0 Å². The molecule has 1 unspecified atom stereocenters. The van der Waals surface area contributed by atoms with E-state index >= 15 is 0 Å². The Kier molecular flexibility index (Phi) is 62.3. The van der Waals surface area contributed by atoms with E-state index < -0.39 is 6.10 Å². The van der Waals surface area contributed by atoms with Gasteiger partial charge in [0.05, 0.1) is 0 Å². The van der Waals surface area contributed by atoms with Crippen LogP contribution in [0.3, 0.4) is 0 Å². The van der Waals surface area contributed by atoms with E-state index in [1.54, 1.807) is 0 Å². The molecule has 0 aliphatic rings. The highest BCUT2D eigenvalue weighted by molar-refractivity contribution is 5.71. The summed E-state index contributed by atoms with van der Waals surface area (Å²) in [7, 11) is 0. The molecule has 0 aromatic rings. The number of unbranched alkanes of at least 4 members (excludes halogenated alkanes) is 30. The molecule has 0 saturated carbocycles. The van der Waals surface area contributed by atoms with E-state index in [2.05, 4.69) is 130 Å². The van der Waals surface area contributed by atoms with Crippen LogP contribution >= 0.6 is 0 Å². The zero-order valence-corrected chi connectivity index (χ0v) is 51.2. The number of ether oxygens (including phenoxy) is 3. The van der Waals surface area contributed by atoms with Crippen molar-refractivity contribution in [2.45, 2.75) is 316 Å². The van der Waals surface area contributed by atoms with Crippen LogP contribution in [0.15, 0.2) is 109 Å². The zero-order valence-electron chi connectivity index (χ0n) is 51.2. The number of hydrogen-bond acceptors (Lipinski definition) is 6. The van der Waals surface area contributed by atoms with Crippen molar-refractivity contribution in [3.8, 4) is 0 Å². The second-order valence-corrected chi connectivity index (χ2v) is 21.6. The Balaban J connectivity index is 4.29. The van der Waals surface area contributed by atoms with Gasteiger partial charge in [-0.2, -0.15) is 0 Å². The lowest BCUT2D eigenvalue weighted by Gasteiger charge is -2.18. The second-order valence-electron chi connectivity index (χ2n) is 21.6. The van der Waals surface area contributed by atoms with Crippen molar-refractivity contribution in [2.75, 3.05) is 13.2 Å². The summed E-state index contributed by atoms with van der Waals surface area (Å²) in [5.41, 5.74) is 0. The van der Waals surface area contributed by atoms with Gasteiger partial charge >= 0.3 is 17.9 Å². The molecule has 0 N–H and O–H groups in total. The smallest absolute Gasteiger partial charge is 0.306 e. The molecule has 0 bridgehead atoms. The summed E-state index contributed by atoms with van der Waals surface area (Å²) in [4.78, 5) is 38.3. The molecule has 0 aliphatic heterocycles. The van der Waals surface area contributed by atoms with Gasteiger partial charge in [0, 0.05) is 19.3 Å². The highest BCUT2D eigenvalue weighted by Gasteiger charge is 2.19. The molecule has 78 heavy (non-hydrogen) atoms. The van der Waals surface area contributed by atoms with Crippen LogP contribution in [0.25, 0.3) is 0 Å². The molecule has 6 nitrogen and oxygen atoms in total. The van der Waals surface area contributed by atoms with E-state index in [0.29, 0.717) is 19.3 Å². The first kappa shape index (κ1) is 74.1. The maximum Gasteiger partial charge on any atom is 0.306 e. The Morgan fingerprint density at radius 2 is 0.500 bits per heavy atom. The fourth-order valence-electron chi connectivity index (χ4n) is 9.06. The molecule has 446 valence electrons. The fraction of sp³-hybridized carbons (Fsp3) is 0.708. The standard InChI is InChI=1S/C72H122O6/c1-4-7-10-13-16-19-22-25-28-29-30-31-32-33-34-35-36-37-38-39-40-41-42-43-45-47-50-53-56-59-62-65-71(74)77-68-69(67-76-70(73)64-61-58-55-52-49-46-27-24-21-18-15-12-9-6-3)78-72(75)66-63-60-57-54-51-48-44-26-23-20-17-14-11-8-5-2/h7,10,16,19,24-28,30-31,33-34,36-37,39-40,44,69H,4-6,8-9,11-15,17-18,20-23,29,32,35,38,41-43,45-68H2,1-3H3/b10-7-,19-16-,27-24-,28-25-,31-30-,34-33-,37-36-,40-39-,44-26-. The number of rotatable bonds is 59. The van der Waals surface area contributed by atoms with Crippen molar-refractivity contribution in [3.63, 3.8) is 0 Å². The van der Waals surface area contributed by atoms with Gasteiger partial charge in [-0.1, -0.05) is 271 Å². The Bertz CT molecular complexity index is 1570. The SMILES string of the molecule is CC/C=C\C/C=C\C/C=C\C/C=C\C/C=C\C/C=C\C/C=C\CCCCCCCCCCCC(=O)OCC(COC(=O)CCCCCCC/C=C\CCCCCCC)OC(=O)CCCCCCC/C=C\CCCCCCCC. The average Bonchev–Trinajstić information content (AvgIpc) is 3.44. The molecule has 6 heteroatoms. The summed E-state index contributed by atoms with van der Waals surface area (Å²) in [5, 5.41) is 0. The largest absolute Gasteiger partial charge is 0.462 e.